The van der Waals surface area contributed by atoms with E-state index in [0.717, 1.165) is 23.6 Å². The molecule has 0 aliphatic carbocycles. The Morgan fingerprint density at radius 3 is 2.75 bits per heavy atom. The van der Waals surface area contributed by atoms with E-state index in [4.69, 9.17) is 15.5 Å². The van der Waals surface area contributed by atoms with Crippen LogP contribution in [-0.2, 0) is 4.84 Å². The van der Waals surface area contributed by atoms with E-state index in [2.05, 4.69) is 37.4 Å². The number of nitrogens with two attached hydrogens (primary N) is 1. The highest BCUT2D eigenvalue weighted by Gasteiger charge is 2.09. The average molecular weight is 388 g/mol. The minimum atomic E-state index is 0.299. The first-order chi connectivity index (χ1) is 13.4. The van der Waals surface area contributed by atoms with Crippen LogP contribution in [0.4, 0.5) is 17.6 Å². The second-order valence-electron chi connectivity index (χ2n) is 6.54. The standard InChI is InChI=1S/C18H28N8O2/c1-12(2)8-14(28-19)11-20-18-22-15(21-16-9-13(3)24-25-16)10-17(23-18)27-7-6-26(4)5/h8-10H,1,6-7,11,19H2,2-5H3,(H3,20,21,22,23,24,25)/b14-8-. The normalized spacial score (nSPS) is 11.4. The first-order valence-electron chi connectivity index (χ1n) is 8.78. The van der Waals surface area contributed by atoms with Crippen LogP contribution in [0.3, 0.4) is 0 Å². The lowest BCUT2D eigenvalue weighted by atomic mass is 10.3. The van der Waals surface area contributed by atoms with Crippen LogP contribution in [-0.4, -0.2) is 58.9 Å². The van der Waals surface area contributed by atoms with Gasteiger partial charge in [-0.25, -0.2) is 0 Å². The van der Waals surface area contributed by atoms with Crippen molar-refractivity contribution >= 4 is 17.6 Å². The van der Waals surface area contributed by atoms with E-state index in [1.54, 1.807) is 12.1 Å². The maximum atomic E-state index is 5.76. The number of aryl methyl sites for hydroxylation is 1. The fraction of sp³-hybridized carbons (Fsp3) is 0.389. The van der Waals surface area contributed by atoms with Crippen molar-refractivity contribution in [3.05, 3.63) is 41.8 Å². The predicted octanol–water partition coefficient (Wildman–Crippen LogP) is 1.95. The monoisotopic (exact) mass is 388 g/mol. The van der Waals surface area contributed by atoms with Gasteiger partial charge in [0.2, 0.25) is 11.8 Å². The quantitative estimate of drug-likeness (QED) is 0.259. The molecule has 28 heavy (non-hydrogen) atoms. The van der Waals surface area contributed by atoms with E-state index in [1.165, 1.54) is 0 Å². The van der Waals surface area contributed by atoms with Crippen molar-refractivity contribution in [3.8, 4) is 5.88 Å². The molecular formula is C18H28N8O2. The molecule has 2 aromatic heterocycles. The van der Waals surface area contributed by atoms with E-state index in [9.17, 15) is 0 Å². The molecule has 10 heteroatoms. The van der Waals surface area contributed by atoms with Crippen LogP contribution in [0.1, 0.15) is 12.6 Å². The number of nitrogens with zero attached hydrogens (tertiary/aromatic N) is 4. The lowest BCUT2D eigenvalue weighted by Crippen LogP contribution is -2.20. The van der Waals surface area contributed by atoms with Gasteiger partial charge in [0, 0.05) is 18.7 Å². The highest BCUT2D eigenvalue weighted by Crippen LogP contribution is 2.20. The molecule has 0 spiro atoms. The van der Waals surface area contributed by atoms with Gasteiger partial charge in [0.25, 0.3) is 0 Å². The van der Waals surface area contributed by atoms with Crippen molar-refractivity contribution in [2.24, 2.45) is 5.90 Å². The largest absolute Gasteiger partial charge is 0.476 e. The van der Waals surface area contributed by atoms with Gasteiger partial charge in [-0.05, 0) is 34.0 Å². The Bertz CT molecular complexity index is 816. The molecule has 0 aromatic carbocycles. The predicted molar refractivity (Wildman–Crippen MR) is 109 cm³/mol. The van der Waals surface area contributed by atoms with Crippen LogP contribution < -0.4 is 21.3 Å². The smallest absolute Gasteiger partial charge is 0.228 e. The molecule has 0 aliphatic rings. The summed E-state index contributed by atoms with van der Waals surface area (Å²) < 4.78 is 5.76. The van der Waals surface area contributed by atoms with Gasteiger partial charge < -0.3 is 25.1 Å². The average Bonchev–Trinajstić information content (AvgIpc) is 3.02. The molecule has 10 nitrogen and oxygen atoms in total. The van der Waals surface area contributed by atoms with Gasteiger partial charge >= 0.3 is 0 Å². The number of allylic oxidation sites excluding steroid dienone is 2. The number of hydrogen-bond donors (Lipinski definition) is 4. The third-order valence-corrected chi connectivity index (χ3v) is 3.44. The molecule has 2 rings (SSSR count). The van der Waals surface area contributed by atoms with Gasteiger partial charge in [0.1, 0.15) is 24.0 Å². The summed E-state index contributed by atoms with van der Waals surface area (Å²) in [6, 6.07) is 3.60. The van der Waals surface area contributed by atoms with Crippen LogP contribution in [0.25, 0.3) is 0 Å². The number of likely N-dealkylation sites (N-methyl/N-ethyl adjacent to an activating group) is 1. The van der Waals surface area contributed by atoms with Crippen molar-refractivity contribution in [2.45, 2.75) is 13.8 Å². The van der Waals surface area contributed by atoms with Gasteiger partial charge in [0.15, 0.2) is 0 Å². The SMILES string of the molecule is C=C(C)/C=C(/CNc1nc(Nc2cc(C)n[nH]2)cc(OCCN(C)C)n1)ON. The zero-order valence-corrected chi connectivity index (χ0v) is 16.7. The number of anilines is 3. The Hall–Kier alpha value is -3.11. The van der Waals surface area contributed by atoms with Crippen LogP contribution in [0.5, 0.6) is 5.88 Å². The highest BCUT2D eigenvalue weighted by atomic mass is 16.6. The summed E-state index contributed by atoms with van der Waals surface area (Å²) in [5.74, 6) is 7.89. The third-order valence-electron chi connectivity index (χ3n) is 3.44. The Labute approximate surface area is 164 Å². The van der Waals surface area contributed by atoms with Crippen molar-refractivity contribution in [2.75, 3.05) is 44.4 Å². The summed E-state index contributed by atoms with van der Waals surface area (Å²) in [6.45, 7) is 9.12. The van der Waals surface area contributed by atoms with Gasteiger partial charge in [0.05, 0.1) is 12.2 Å². The van der Waals surface area contributed by atoms with Crippen LogP contribution >= 0.6 is 0 Å². The van der Waals surface area contributed by atoms with Crippen LogP contribution in [0, 0.1) is 6.92 Å². The first-order valence-corrected chi connectivity index (χ1v) is 8.78. The zero-order chi connectivity index (χ0) is 20.5. The van der Waals surface area contributed by atoms with E-state index >= 15 is 0 Å². The van der Waals surface area contributed by atoms with Crippen LogP contribution in [0.15, 0.2) is 36.1 Å². The maximum absolute atomic E-state index is 5.76. The minimum Gasteiger partial charge on any atom is -0.476 e. The lowest BCUT2D eigenvalue weighted by Gasteiger charge is -2.13. The van der Waals surface area contributed by atoms with E-state index < -0.39 is 0 Å². The fourth-order valence-electron chi connectivity index (χ4n) is 2.17. The molecule has 0 radical (unpaired) electrons. The zero-order valence-electron chi connectivity index (χ0n) is 16.7. The molecule has 2 aromatic rings. The summed E-state index contributed by atoms with van der Waals surface area (Å²) in [5.41, 5.74) is 1.69. The van der Waals surface area contributed by atoms with E-state index in [0.29, 0.717) is 36.6 Å². The second kappa shape index (κ2) is 10.3. The molecular weight excluding hydrogens is 360 g/mol. The van der Waals surface area contributed by atoms with Crippen molar-refractivity contribution in [1.82, 2.24) is 25.1 Å². The van der Waals surface area contributed by atoms with Gasteiger partial charge in [-0.2, -0.15) is 21.0 Å². The Morgan fingerprint density at radius 1 is 1.36 bits per heavy atom. The summed E-state index contributed by atoms with van der Waals surface area (Å²) in [5, 5.41) is 13.2. The molecule has 0 bridgehead atoms. The van der Waals surface area contributed by atoms with Gasteiger partial charge in [-0.3, -0.25) is 5.10 Å². The number of nitrogens with one attached hydrogen (secondary N) is 3. The first kappa shape index (κ1) is 21.2. The molecule has 5 N–H and O–H groups in total. The summed E-state index contributed by atoms with van der Waals surface area (Å²) in [4.78, 5) is 15.7. The molecule has 2 heterocycles. The summed E-state index contributed by atoms with van der Waals surface area (Å²) in [6.07, 6.45) is 1.73. The van der Waals surface area contributed by atoms with E-state index in [1.807, 2.05) is 38.9 Å². The molecule has 0 atom stereocenters. The number of H-pyrrole nitrogens is 1. The Morgan fingerprint density at radius 2 is 2.14 bits per heavy atom. The molecule has 0 saturated carbocycles. The second-order valence-corrected chi connectivity index (χ2v) is 6.54. The highest BCUT2D eigenvalue weighted by molar-refractivity contribution is 5.55. The Kier molecular flexibility index (Phi) is 7.78. The molecule has 0 amide bonds. The van der Waals surface area contributed by atoms with Crippen molar-refractivity contribution in [1.29, 1.82) is 0 Å². The molecule has 0 unspecified atom stereocenters. The minimum absolute atomic E-state index is 0.299. The number of aromatic nitrogens is 4. The number of ether oxygens (including phenoxy) is 1. The molecule has 0 fully saturated rings. The molecule has 0 saturated heterocycles. The van der Waals surface area contributed by atoms with Gasteiger partial charge in [-0.15, -0.1) is 0 Å². The van der Waals surface area contributed by atoms with Crippen molar-refractivity contribution in [3.63, 3.8) is 0 Å². The lowest BCUT2D eigenvalue weighted by molar-refractivity contribution is 0.219. The van der Waals surface area contributed by atoms with Crippen molar-refractivity contribution < 1.29 is 9.57 Å². The summed E-state index contributed by atoms with van der Waals surface area (Å²) >= 11 is 0. The number of rotatable bonds is 11. The fourth-order valence-corrected chi connectivity index (χ4v) is 2.17. The maximum Gasteiger partial charge on any atom is 0.228 e. The van der Waals surface area contributed by atoms with Gasteiger partial charge in [-0.1, -0.05) is 12.2 Å². The topological polar surface area (TPSA) is 126 Å². The van der Waals surface area contributed by atoms with E-state index in [-0.39, 0.29) is 0 Å². The number of hydrogen-bond acceptors (Lipinski definition) is 9. The summed E-state index contributed by atoms with van der Waals surface area (Å²) in [7, 11) is 3.96. The number of aromatic amines is 1. The molecule has 152 valence electrons. The third kappa shape index (κ3) is 7.25. The van der Waals surface area contributed by atoms with Crippen LogP contribution in [0.2, 0.25) is 0 Å². The molecule has 0 aliphatic heterocycles. The Balaban J connectivity index is 2.16.